The van der Waals surface area contributed by atoms with E-state index >= 15 is 0 Å². The number of hydrogen-bond donors (Lipinski definition) is 1. The van der Waals surface area contributed by atoms with Crippen molar-refractivity contribution in [2.75, 3.05) is 5.32 Å². The fraction of sp³-hybridized carbons (Fsp3) is 0.174. The Balaban J connectivity index is 1.61. The van der Waals surface area contributed by atoms with E-state index in [0.29, 0.717) is 23.3 Å². The van der Waals surface area contributed by atoms with E-state index in [1.165, 1.54) is 11.6 Å². The summed E-state index contributed by atoms with van der Waals surface area (Å²) in [5.41, 5.74) is 4.23. The van der Waals surface area contributed by atoms with Crippen LogP contribution in [-0.4, -0.2) is 15.7 Å². The molecule has 0 aliphatic rings. The molecular formula is C23H21N3O3. The van der Waals surface area contributed by atoms with Gasteiger partial charge in [0.25, 0.3) is 5.91 Å². The molecule has 0 bridgehead atoms. The summed E-state index contributed by atoms with van der Waals surface area (Å²) in [6, 6.07) is 14.7. The summed E-state index contributed by atoms with van der Waals surface area (Å²) in [4.78, 5) is 25.2. The summed E-state index contributed by atoms with van der Waals surface area (Å²) in [6.07, 6.45) is 1.62. The molecule has 6 heteroatoms. The highest BCUT2D eigenvalue weighted by Crippen LogP contribution is 2.20. The molecule has 0 radical (unpaired) electrons. The highest BCUT2D eigenvalue weighted by molar-refractivity contribution is 6.02. The Bertz CT molecular complexity index is 1270. The number of benzene rings is 2. The maximum atomic E-state index is 12.8. The van der Waals surface area contributed by atoms with Crippen LogP contribution >= 0.6 is 0 Å². The number of anilines is 1. The summed E-state index contributed by atoms with van der Waals surface area (Å²) in [6.45, 7) is 6.32. The van der Waals surface area contributed by atoms with Gasteiger partial charge < -0.3 is 9.73 Å². The van der Waals surface area contributed by atoms with E-state index in [9.17, 15) is 9.59 Å². The van der Waals surface area contributed by atoms with Crippen molar-refractivity contribution < 1.29 is 9.21 Å². The Hall–Kier alpha value is -3.67. The first-order chi connectivity index (χ1) is 13.9. The lowest BCUT2D eigenvalue weighted by atomic mass is 10.1. The minimum Gasteiger partial charge on any atom is -0.450 e. The number of nitrogens with zero attached hydrogens (tertiary/aromatic N) is 2. The molecule has 4 aromatic rings. The fourth-order valence-electron chi connectivity index (χ4n) is 3.33. The van der Waals surface area contributed by atoms with Gasteiger partial charge in [-0.15, -0.1) is 0 Å². The standard InChI is InChI=1S/C23H21N3O3/c1-14-4-6-17(7-5-14)13-26-21(8-9-24-26)25-23(28)20-12-19(27)18-11-15(2)10-16(3)22(18)29-20/h4-12H,13H2,1-3H3,(H,25,28). The van der Waals surface area contributed by atoms with Gasteiger partial charge in [-0.2, -0.15) is 5.10 Å². The van der Waals surface area contributed by atoms with Gasteiger partial charge in [-0.1, -0.05) is 35.9 Å². The lowest BCUT2D eigenvalue weighted by Gasteiger charge is -2.10. The van der Waals surface area contributed by atoms with Crippen molar-refractivity contribution in [2.24, 2.45) is 0 Å². The van der Waals surface area contributed by atoms with Gasteiger partial charge in [-0.3, -0.25) is 9.59 Å². The SMILES string of the molecule is Cc1ccc(Cn2nccc2NC(=O)c2cc(=O)c3cc(C)cc(C)c3o2)cc1. The van der Waals surface area contributed by atoms with Gasteiger partial charge >= 0.3 is 0 Å². The minimum absolute atomic E-state index is 0.0301. The number of nitrogens with one attached hydrogen (secondary N) is 1. The fourth-order valence-corrected chi connectivity index (χ4v) is 3.33. The average Bonchev–Trinajstić information content (AvgIpc) is 3.11. The molecule has 2 aromatic carbocycles. The third-order valence-corrected chi connectivity index (χ3v) is 4.79. The molecule has 2 heterocycles. The van der Waals surface area contributed by atoms with Crippen molar-refractivity contribution in [3.63, 3.8) is 0 Å². The van der Waals surface area contributed by atoms with Crippen LogP contribution in [0.5, 0.6) is 0 Å². The van der Waals surface area contributed by atoms with Gasteiger partial charge in [-0.25, -0.2) is 4.68 Å². The minimum atomic E-state index is -0.491. The third-order valence-electron chi connectivity index (χ3n) is 4.79. The van der Waals surface area contributed by atoms with E-state index in [1.54, 1.807) is 23.0 Å². The van der Waals surface area contributed by atoms with Crippen LogP contribution in [0.4, 0.5) is 5.82 Å². The maximum absolute atomic E-state index is 12.8. The van der Waals surface area contributed by atoms with Gasteiger partial charge in [0, 0.05) is 12.1 Å². The molecule has 2 aromatic heterocycles. The summed E-state index contributed by atoms with van der Waals surface area (Å²) < 4.78 is 7.46. The second-order valence-electron chi connectivity index (χ2n) is 7.25. The molecule has 6 nitrogen and oxygen atoms in total. The molecule has 0 saturated heterocycles. The summed E-state index contributed by atoms with van der Waals surface area (Å²) in [7, 11) is 0. The molecule has 29 heavy (non-hydrogen) atoms. The van der Waals surface area contributed by atoms with E-state index in [-0.39, 0.29) is 11.2 Å². The zero-order valence-electron chi connectivity index (χ0n) is 16.5. The lowest BCUT2D eigenvalue weighted by molar-refractivity contribution is 0.0996. The molecule has 0 aliphatic carbocycles. The van der Waals surface area contributed by atoms with Crippen molar-refractivity contribution in [1.29, 1.82) is 0 Å². The van der Waals surface area contributed by atoms with Crippen molar-refractivity contribution in [3.8, 4) is 0 Å². The maximum Gasteiger partial charge on any atom is 0.292 e. The smallest absolute Gasteiger partial charge is 0.292 e. The second-order valence-corrected chi connectivity index (χ2v) is 7.25. The van der Waals surface area contributed by atoms with Crippen LogP contribution in [0, 0.1) is 20.8 Å². The Morgan fingerprint density at radius 1 is 1.03 bits per heavy atom. The number of fused-ring (bicyclic) bond motifs is 1. The first kappa shape index (κ1) is 18.7. The number of rotatable bonds is 4. The van der Waals surface area contributed by atoms with Gasteiger partial charge in [0.1, 0.15) is 11.4 Å². The summed E-state index contributed by atoms with van der Waals surface area (Å²) in [5, 5.41) is 7.55. The van der Waals surface area contributed by atoms with E-state index in [2.05, 4.69) is 10.4 Å². The van der Waals surface area contributed by atoms with E-state index in [0.717, 1.165) is 16.7 Å². The molecule has 1 amide bonds. The molecule has 0 saturated carbocycles. The average molecular weight is 387 g/mol. The predicted molar refractivity (Wildman–Crippen MR) is 112 cm³/mol. The second kappa shape index (κ2) is 7.39. The number of amides is 1. The van der Waals surface area contributed by atoms with E-state index in [4.69, 9.17) is 4.42 Å². The van der Waals surface area contributed by atoms with E-state index < -0.39 is 5.91 Å². The van der Waals surface area contributed by atoms with Crippen LogP contribution < -0.4 is 10.7 Å². The van der Waals surface area contributed by atoms with Crippen LogP contribution in [0.2, 0.25) is 0 Å². The lowest BCUT2D eigenvalue weighted by Crippen LogP contribution is -2.18. The number of carbonyl (C=O) groups is 1. The van der Waals surface area contributed by atoms with Crippen molar-refractivity contribution in [2.45, 2.75) is 27.3 Å². The molecule has 4 rings (SSSR count). The zero-order chi connectivity index (χ0) is 20.5. The van der Waals surface area contributed by atoms with Crippen LogP contribution in [-0.2, 0) is 6.54 Å². The summed E-state index contributed by atoms with van der Waals surface area (Å²) in [5.74, 6) is 0.00567. The van der Waals surface area contributed by atoms with Crippen LogP contribution in [0.25, 0.3) is 11.0 Å². The zero-order valence-corrected chi connectivity index (χ0v) is 16.5. The van der Waals surface area contributed by atoms with Crippen LogP contribution in [0.15, 0.2) is 63.9 Å². The molecule has 0 spiro atoms. The normalized spacial score (nSPS) is 11.0. The number of aryl methyl sites for hydroxylation is 3. The van der Waals surface area contributed by atoms with Crippen LogP contribution in [0.3, 0.4) is 0 Å². The molecule has 0 atom stereocenters. The van der Waals surface area contributed by atoms with Gasteiger partial charge in [0.2, 0.25) is 0 Å². The molecular weight excluding hydrogens is 366 g/mol. The number of aromatic nitrogens is 2. The van der Waals surface area contributed by atoms with E-state index in [1.807, 2.05) is 51.1 Å². The van der Waals surface area contributed by atoms with Gasteiger partial charge in [0.15, 0.2) is 11.2 Å². The molecule has 1 N–H and O–H groups in total. The number of hydrogen-bond acceptors (Lipinski definition) is 4. The summed E-state index contributed by atoms with van der Waals surface area (Å²) >= 11 is 0. The first-order valence-corrected chi connectivity index (χ1v) is 9.34. The predicted octanol–water partition coefficient (Wildman–Crippen LogP) is 4.22. The molecule has 0 aliphatic heterocycles. The highest BCUT2D eigenvalue weighted by atomic mass is 16.3. The van der Waals surface area contributed by atoms with Gasteiger partial charge in [-0.05, 0) is 43.5 Å². The third kappa shape index (κ3) is 3.82. The molecule has 0 unspecified atom stereocenters. The number of carbonyl (C=O) groups excluding carboxylic acids is 1. The Kier molecular flexibility index (Phi) is 4.76. The quantitative estimate of drug-likeness (QED) is 0.569. The van der Waals surface area contributed by atoms with Gasteiger partial charge in [0.05, 0.1) is 18.1 Å². The Labute approximate surface area is 167 Å². The largest absolute Gasteiger partial charge is 0.450 e. The van der Waals surface area contributed by atoms with Crippen molar-refractivity contribution in [1.82, 2.24) is 9.78 Å². The topological polar surface area (TPSA) is 77.1 Å². The van der Waals surface area contributed by atoms with Crippen LogP contribution in [0.1, 0.15) is 32.8 Å². The molecule has 146 valence electrons. The monoisotopic (exact) mass is 387 g/mol. The highest BCUT2D eigenvalue weighted by Gasteiger charge is 2.16. The Morgan fingerprint density at radius 3 is 2.55 bits per heavy atom. The first-order valence-electron chi connectivity index (χ1n) is 9.34. The molecule has 0 fully saturated rings. The van der Waals surface area contributed by atoms with Crippen molar-refractivity contribution >= 4 is 22.7 Å². The Morgan fingerprint density at radius 2 is 1.79 bits per heavy atom. The van der Waals surface area contributed by atoms with Crippen molar-refractivity contribution in [3.05, 3.63) is 93.0 Å².